The van der Waals surface area contributed by atoms with Crippen molar-refractivity contribution in [1.29, 1.82) is 0 Å². The van der Waals surface area contributed by atoms with Crippen molar-refractivity contribution in [2.75, 3.05) is 30.7 Å². The molecule has 0 aliphatic heterocycles. The number of ether oxygens (including phenoxy) is 1. The monoisotopic (exact) mass is 391 g/mol. The molecule has 0 aliphatic rings. The van der Waals surface area contributed by atoms with Crippen molar-refractivity contribution in [1.82, 2.24) is 10.6 Å². The molecule has 0 aliphatic carbocycles. The molecule has 0 heterocycles. The third kappa shape index (κ3) is 7.78. The first-order chi connectivity index (χ1) is 12.8. The Morgan fingerprint density at radius 3 is 2.19 bits per heavy atom. The van der Waals surface area contributed by atoms with E-state index in [0.717, 1.165) is 6.26 Å². The Morgan fingerprint density at radius 2 is 1.56 bits per heavy atom. The molecule has 0 fully saturated rings. The molecule has 144 valence electrons. The van der Waals surface area contributed by atoms with Crippen molar-refractivity contribution in [3.8, 4) is 5.75 Å². The molecule has 0 unspecified atom stereocenters. The topological polar surface area (TPSA) is 114 Å². The summed E-state index contributed by atoms with van der Waals surface area (Å²) in [4.78, 5) is 23.7. The summed E-state index contributed by atoms with van der Waals surface area (Å²) >= 11 is 0. The van der Waals surface area contributed by atoms with Crippen LogP contribution in [0.4, 0.5) is 5.69 Å². The first-order valence-corrected chi connectivity index (χ1v) is 10.0. The summed E-state index contributed by atoms with van der Waals surface area (Å²) in [5, 5.41) is 5.30. The molecule has 27 heavy (non-hydrogen) atoms. The fourth-order valence-corrected chi connectivity index (χ4v) is 2.66. The SMILES string of the molecule is CS(=O)(=O)Nc1ccc(C(=O)NCCNC(=O)COc2ccccc2)cc1. The van der Waals surface area contributed by atoms with Gasteiger partial charge in [0.2, 0.25) is 10.0 Å². The van der Waals surface area contributed by atoms with Gasteiger partial charge in [0, 0.05) is 24.3 Å². The third-order valence-electron chi connectivity index (χ3n) is 3.30. The van der Waals surface area contributed by atoms with Crippen LogP contribution in [0, 0.1) is 0 Å². The summed E-state index contributed by atoms with van der Waals surface area (Å²) in [6, 6.07) is 15.0. The molecule has 2 amide bonds. The Labute approximate surface area is 158 Å². The number of hydrogen-bond acceptors (Lipinski definition) is 5. The zero-order valence-electron chi connectivity index (χ0n) is 14.8. The lowest BCUT2D eigenvalue weighted by Gasteiger charge is -2.09. The second-order valence-electron chi connectivity index (χ2n) is 5.66. The zero-order valence-corrected chi connectivity index (χ0v) is 15.6. The summed E-state index contributed by atoms with van der Waals surface area (Å²) in [5.74, 6) is -0.00485. The van der Waals surface area contributed by atoms with Crippen LogP contribution >= 0.6 is 0 Å². The Balaban J connectivity index is 1.67. The molecule has 0 saturated heterocycles. The molecule has 2 aromatic rings. The van der Waals surface area contributed by atoms with E-state index in [1.165, 1.54) is 24.3 Å². The Hall–Kier alpha value is -3.07. The van der Waals surface area contributed by atoms with Gasteiger partial charge in [0.15, 0.2) is 6.61 Å². The minimum absolute atomic E-state index is 0.104. The highest BCUT2D eigenvalue weighted by Crippen LogP contribution is 2.10. The van der Waals surface area contributed by atoms with Gasteiger partial charge < -0.3 is 15.4 Å². The number of sulfonamides is 1. The molecule has 2 aromatic carbocycles. The molecule has 3 N–H and O–H groups in total. The largest absolute Gasteiger partial charge is 0.484 e. The molecule has 0 radical (unpaired) electrons. The Bertz CT molecular complexity index is 868. The summed E-state index contributed by atoms with van der Waals surface area (Å²) in [5.41, 5.74) is 0.757. The van der Waals surface area contributed by atoms with E-state index in [0.29, 0.717) is 17.0 Å². The lowest BCUT2D eigenvalue weighted by molar-refractivity contribution is -0.123. The van der Waals surface area contributed by atoms with Gasteiger partial charge in [0.25, 0.3) is 11.8 Å². The normalized spacial score (nSPS) is 10.7. The van der Waals surface area contributed by atoms with Crippen LogP contribution in [0.2, 0.25) is 0 Å². The van der Waals surface area contributed by atoms with Gasteiger partial charge in [-0.3, -0.25) is 14.3 Å². The smallest absolute Gasteiger partial charge is 0.258 e. The van der Waals surface area contributed by atoms with Gasteiger partial charge in [0.1, 0.15) is 5.75 Å². The average Bonchev–Trinajstić information content (AvgIpc) is 2.63. The van der Waals surface area contributed by atoms with E-state index in [4.69, 9.17) is 4.74 Å². The van der Waals surface area contributed by atoms with Crippen LogP contribution in [-0.2, 0) is 14.8 Å². The first kappa shape index (κ1) is 20.2. The fourth-order valence-electron chi connectivity index (χ4n) is 2.10. The highest BCUT2D eigenvalue weighted by molar-refractivity contribution is 7.92. The number of carbonyl (C=O) groups is 2. The maximum Gasteiger partial charge on any atom is 0.258 e. The van der Waals surface area contributed by atoms with Crippen molar-refractivity contribution in [3.63, 3.8) is 0 Å². The van der Waals surface area contributed by atoms with Gasteiger partial charge >= 0.3 is 0 Å². The lowest BCUT2D eigenvalue weighted by Crippen LogP contribution is -2.36. The van der Waals surface area contributed by atoms with E-state index in [1.54, 1.807) is 12.1 Å². The van der Waals surface area contributed by atoms with Crippen LogP contribution in [0.3, 0.4) is 0 Å². The summed E-state index contributed by atoms with van der Waals surface area (Å²) in [6.07, 6.45) is 1.05. The summed E-state index contributed by atoms with van der Waals surface area (Å²) in [7, 11) is -3.36. The number of hydrogen-bond donors (Lipinski definition) is 3. The van der Waals surface area contributed by atoms with Crippen LogP contribution in [0.15, 0.2) is 54.6 Å². The maximum atomic E-state index is 12.0. The lowest BCUT2D eigenvalue weighted by atomic mass is 10.2. The number of amides is 2. The molecular weight excluding hydrogens is 370 g/mol. The van der Waals surface area contributed by atoms with Crippen molar-refractivity contribution >= 4 is 27.5 Å². The minimum atomic E-state index is -3.36. The van der Waals surface area contributed by atoms with Gasteiger partial charge in [-0.25, -0.2) is 8.42 Å². The van der Waals surface area contributed by atoms with E-state index in [2.05, 4.69) is 15.4 Å². The van der Waals surface area contributed by atoms with Gasteiger partial charge in [-0.05, 0) is 36.4 Å². The van der Waals surface area contributed by atoms with Crippen LogP contribution in [0.5, 0.6) is 5.75 Å². The molecular formula is C18H21N3O5S. The predicted molar refractivity (Wildman–Crippen MR) is 102 cm³/mol. The van der Waals surface area contributed by atoms with Gasteiger partial charge in [0.05, 0.1) is 6.26 Å². The summed E-state index contributed by atoms with van der Waals surface area (Å²) < 4.78 is 29.9. The van der Waals surface area contributed by atoms with Crippen molar-refractivity contribution < 1.29 is 22.7 Å². The molecule has 9 heteroatoms. The predicted octanol–water partition coefficient (Wildman–Crippen LogP) is 0.983. The van der Waals surface area contributed by atoms with E-state index in [1.807, 2.05) is 18.2 Å². The number of carbonyl (C=O) groups excluding carboxylic acids is 2. The van der Waals surface area contributed by atoms with Crippen LogP contribution in [-0.4, -0.2) is 46.2 Å². The number of para-hydroxylation sites is 1. The molecule has 0 saturated carbocycles. The molecule has 0 spiro atoms. The summed E-state index contributed by atoms with van der Waals surface area (Å²) in [6.45, 7) is 0.405. The quantitative estimate of drug-likeness (QED) is 0.552. The van der Waals surface area contributed by atoms with E-state index < -0.39 is 10.0 Å². The van der Waals surface area contributed by atoms with Crippen molar-refractivity contribution in [2.24, 2.45) is 0 Å². The fraction of sp³-hybridized carbons (Fsp3) is 0.222. The number of nitrogens with one attached hydrogen (secondary N) is 3. The standard InChI is InChI=1S/C18H21N3O5S/c1-27(24,25)21-15-9-7-14(8-10-15)18(23)20-12-11-19-17(22)13-26-16-5-3-2-4-6-16/h2-10,21H,11-13H2,1H3,(H,19,22)(H,20,23). The Kier molecular flexibility index (Phi) is 7.18. The number of rotatable bonds is 9. The van der Waals surface area contributed by atoms with E-state index >= 15 is 0 Å². The molecule has 0 aromatic heterocycles. The molecule has 8 nitrogen and oxygen atoms in total. The maximum absolute atomic E-state index is 12.0. The highest BCUT2D eigenvalue weighted by Gasteiger charge is 2.07. The van der Waals surface area contributed by atoms with Gasteiger partial charge in [-0.1, -0.05) is 18.2 Å². The highest BCUT2D eigenvalue weighted by atomic mass is 32.2. The van der Waals surface area contributed by atoms with Gasteiger partial charge in [-0.15, -0.1) is 0 Å². The van der Waals surface area contributed by atoms with Crippen LogP contribution in [0.25, 0.3) is 0 Å². The zero-order chi connectivity index (χ0) is 19.7. The number of benzene rings is 2. The Morgan fingerprint density at radius 1 is 0.926 bits per heavy atom. The van der Waals surface area contributed by atoms with Crippen molar-refractivity contribution in [2.45, 2.75) is 0 Å². The first-order valence-electron chi connectivity index (χ1n) is 8.14. The second kappa shape index (κ2) is 9.58. The average molecular weight is 391 g/mol. The van der Waals surface area contributed by atoms with Gasteiger partial charge in [-0.2, -0.15) is 0 Å². The van der Waals surface area contributed by atoms with E-state index in [9.17, 15) is 18.0 Å². The minimum Gasteiger partial charge on any atom is -0.484 e. The molecule has 2 rings (SSSR count). The second-order valence-corrected chi connectivity index (χ2v) is 7.41. The van der Waals surface area contributed by atoms with Crippen LogP contribution < -0.4 is 20.1 Å². The molecule has 0 bridgehead atoms. The van der Waals surface area contributed by atoms with Crippen molar-refractivity contribution in [3.05, 3.63) is 60.2 Å². The van der Waals surface area contributed by atoms with E-state index in [-0.39, 0.29) is 31.5 Å². The molecule has 0 atom stereocenters. The van der Waals surface area contributed by atoms with Crippen LogP contribution in [0.1, 0.15) is 10.4 Å². The third-order valence-corrected chi connectivity index (χ3v) is 3.90. The number of anilines is 1.